The van der Waals surface area contributed by atoms with Gasteiger partial charge in [-0.15, -0.1) is 0 Å². The van der Waals surface area contributed by atoms with Crippen molar-refractivity contribution >= 4 is 27.9 Å². The summed E-state index contributed by atoms with van der Waals surface area (Å²) in [4.78, 5) is 12.0. The van der Waals surface area contributed by atoms with Crippen LogP contribution in [-0.2, 0) is 11.2 Å². The number of aryl methyl sites for hydroxylation is 1. The zero-order valence-corrected chi connectivity index (χ0v) is 14.4. The van der Waals surface area contributed by atoms with E-state index in [1.54, 1.807) is 0 Å². The Morgan fingerprint density at radius 3 is 2.60 bits per heavy atom. The first-order valence-corrected chi connectivity index (χ1v) is 7.82. The topological polar surface area (TPSA) is 29.5 Å². The molecule has 0 saturated carbocycles. The largest absolute Gasteiger partial charge is 0.443 e. The van der Waals surface area contributed by atoms with Crippen LogP contribution in [0.2, 0.25) is 0 Å². The fraction of sp³-hybridized carbons (Fsp3) is 0.562. The molecule has 0 atom stereocenters. The van der Waals surface area contributed by atoms with E-state index in [0.29, 0.717) is 0 Å². The summed E-state index contributed by atoms with van der Waals surface area (Å²) in [5, 5.41) is 0. The Labute approximate surface area is 130 Å². The number of benzene rings is 1. The van der Waals surface area contributed by atoms with Crippen molar-refractivity contribution in [3.05, 3.63) is 29.8 Å². The van der Waals surface area contributed by atoms with Gasteiger partial charge in [0, 0.05) is 0 Å². The zero-order valence-electron chi connectivity index (χ0n) is 12.8. The van der Waals surface area contributed by atoms with Crippen molar-refractivity contribution in [2.24, 2.45) is 0 Å². The third kappa shape index (κ3) is 5.95. The first kappa shape index (κ1) is 17.0. The van der Waals surface area contributed by atoms with Crippen molar-refractivity contribution in [2.75, 3.05) is 3.93 Å². The minimum absolute atomic E-state index is 0.400. The number of halogens is 1. The fourth-order valence-electron chi connectivity index (χ4n) is 1.82. The molecule has 20 heavy (non-hydrogen) atoms. The van der Waals surface area contributed by atoms with Gasteiger partial charge in [-0.25, -0.2) is 8.72 Å². The number of carbonyl (C=O) groups excluding carboxylic acids is 1. The fourth-order valence-corrected chi connectivity index (χ4v) is 2.11. The second-order valence-corrected chi connectivity index (χ2v) is 6.60. The number of unbranched alkanes of at least 4 members (excludes halogenated alkanes) is 2. The van der Waals surface area contributed by atoms with Crippen molar-refractivity contribution in [1.82, 2.24) is 0 Å². The number of carbonyl (C=O) groups is 1. The lowest BCUT2D eigenvalue weighted by Crippen LogP contribution is -2.30. The molecule has 0 aliphatic carbocycles. The molecule has 0 N–H and O–H groups in total. The van der Waals surface area contributed by atoms with Gasteiger partial charge in [-0.1, -0.05) is 31.9 Å². The van der Waals surface area contributed by atoms with Crippen LogP contribution in [0.25, 0.3) is 0 Å². The van der Waals surface area contributed by atoms with Crippen molar-refractivity contribution in [1.29, 1.82) is 0 Å². The average Bonchev–Trinajstić information content (AvgIpc) is 2.36. The zero-order chi connectivity index (χ0) is 15.2. The predicted molar refractivity (Wildman–Crippen MR) is 87.3 cm³/mol. The second kappa shape index (κ2) is 7.67. The molecule has 0 radical (unpaired) electrons. The van der Waals surface area contributed by atoms with Crippen LogP contribution in [-0.4, -0.2) is 11.7 Å². The lowest BCUT2D eigenvalue weighted by molar-refractivity contribution is 0.0614. The number of amides is 1. The van der Waals surface area contributed by atoms with Crippen LogP contribution >= 0.6 is 16.1 Å². The highest BCUT2D eigenvalue weighted by Gasteiger charge is 2.21. The van der Waals surface area contributed by atoms with Gasteiger partial charge in [0.2, 0.25) is 0 Å². The third-order valence-electron chi connectivity index (χ3n) is 2.76. The van der Waals surface area contributed by atoms with Gasteiger partial charge < -0.3 is 4.74 Å². The van der Waals surface area contributed by atoms with Gasteiger partial charge in [0.15, 0.2) is 0 Å². The van der Waals surface area contributed by atoms with Crippen molar-refractivity contribution in [2.45, 2.75) is 59.0 Å². The van der Waals surface area contributed by atoms with Crippen molar-refractivity contribution in [3.8, 4) is 0 Å². The highest BCUT2D eigenvalue weighted by molar-refractivity contribution is 9.10. The van der Waals surface area contributed by atoms with E-state index in [4.69, 9.17) is 4.74 Å². The van der Waals surface area contributed by atoms with Crippen LogP contribution in [0.4, 0.5) is 10.5 Å². The highest BCUT2D eigenvalue weighted by Crippen LogP contribution is 2.23. The summed E-state index contributed by atoms with van der Waals surface area (Å²) in [7, 11) is 0. The SMILES string of the molecule is CCCCCc1cccc(N(Br)C(=O)OC(C)(C)C)c1. The number of rotatable bonds is 5. The van der Waals surface area contributed by atoms with Crippen LogP contribution in [0.3, 0.4) is 0 Å². The lowest BCUT2D eigenvalue weighted by Gasteiger charge is -2.23. The number of nitrogens with zero attached hydrogens (tertiary/aromatic N) is 1. The summed E-state index contributed by atoms with van der Waals surface area (Å²) in [6, 6.07) is 7.97. The summed E-state index contributed by atoms with van der Waals surface area (Å²) in [6.07, 6.45) is 4.25. The van der Waals surface area contributed by atoms with Crippen molar-refractivity contribution in [3.63, 3.8) is 0 Å². The Hall–Kier alpha value is -1.03. The van der Waals surface area contributed by atoms with Gasteiger partial charge in [0.25, 0.3) is 0 Å². The van der Waals surface area contributed by atoms with Crippen LogP contribution in [0.5, 0.6) is 0 Å². The van der Waals surface area contributed by atoms with E-state index in [1.807, 2.05) is 39.0 Å². The van der Waals surface area contributed by atoms with Crippen LogP contribution in [0, 0.1) is 0 Å². The summed E-state index contributed by atoms with van der Waals surface area (Å²) in [5.41, 5.74) is 1.54. The molecule has 3 nitrogen and oxygen atoms in total. The Bertz CT molecular complexity index is 440. The smallest absolute Gasteiger partial charge is 0.425 e. The molecule has 1 amide bonds. The van der Waals surface area contributed by atoms with E-state index >= 15 is 0 Å². The molecule has 0 fully saturated rings. The maximum absolute atomic E-state index is 12.0. The van der Waals surface area contributed by atoms with E-state index in [-0.39, 0.29) is 0 Å². The molecule has 0 bridgehead atoms. The predicted octanol–water partition coefficient (Wildman–Crippen LogP) is 5.47. The van der Waals surface area contributed by atoms with Crippen LogP contribution in [0.15, 0.2) is 24.3 Å². The van der Waals surface area contributed by atoms with Gasteiger partial charge in [0.05, 0.1) is 21.8 Å². The molecular formula is C16H24BrNO2. The Morgan fingerprint density at radius 2 is 2.00 bits per heavy atom. The quantitative estimate of drug-likeness (QED) is 0.524. The molecule has 0 aliphatic heterocycles. The highest BCUT2D eigenvalue weighted by atomic mass is 79.9. The summed E-state index contributed by atoms with van der Waals surface area (Å²) in [5.74, 6) is 0. The van der Waals surface area contributed by atoms with Gasteiger partial charge in [0.1, 0.15) is 5.60 Å². The Balaban J connectivity index is 2.70. The molecule has 1 aromatic carbocycles. The third-order valence-corrected chi connectivity index (χ3v) is 3.46. The number of hydrogen-bond acceptors (Lipinski definition) is 2. The van der Waals surface area contributed by atoms with Crippen molar-refractivity contribution < 1.29 is 9.53 Å². The van der Waals surface area contributed by atoms with E-state index in [2.05, 4.69) is 29.1 Å². The van der Waals surface area contributed by atoms with Gasteiger partial charge >= 0.3 is 6.09 Å². The maximum Gasteiger partial charge on any atom is 0.425 e. The number of hydrogen-bond donors (Lipinski definition) is 0. The molecule has 1 aromatic rings. The molecule has 1 rings (SSSR count). The molecule has 0 spiro atoms. The number of ether oxygens (including phenoxy) is 1. The van der Waals surface area contributed by atoms with E-state index in [9.17, 15) is 4.79 Å². The summed E-state index contributed by atoms with van der Waals surface area (Å²) < 4.78 is 6.71. The summed E-state index contributed by atoms with van der Waals surface area (Å²) >= 11 is 3.28. The molecule has 0 unspecified atom stereocenters. The minimum Gasteiger partial charge on any atom is -0.443 e. The van der Waals surface area contributed by atoms with Gasteiger partial charge in [-0.2, -0.15) is 0 Å². The molecular weight excluding hydrogens is 318 g/mol. The lowest BCUT2D eigenvalue weighted by atomic mass is 10.1. The average molecular weight is 342 g/mol. The molecule has 0 heterocycles. The second-order valence-electron chi connectivity index (χ2n) is 5.89. The van der Waals surface area contributed by atoms with E-state index in [1.165, 1.54) is 28.8 Å². The minimum atomic E-state index is -0.498. The number of anilines is 1. The Morgan fingerprint density at radius 1 is 1.30 bits per heavy atom. The van der Waals surface area contributed by atoms with Gasteiger partial charge in [-0.3, -0.25) is 0 Å². The van der Waals surface area contributed by atoms with Gasteiger partial charge in [-0.05, 0) is 51.3 Å². The Kier molecular flexibility index (Phi) is 6.53. The first-order chi connectivity index (χ1) is 9.33. The molecule has 4 heteroatoms. The maximum atomic E-state index is 12.0. The standard InChI is InChI=1S/C16H24BrNO2/c1-5-6-7-9-13-10-8-11-14(12-13)18(17)15(19)20-16(2,3)4/h8,10-12H,5-7,9H2,1-4H3. The first-order valence-electron chi connectivity index (χ1n) is 7.11. The normalized spacial score (nSPS) is 11.2. The van der Waals surface area contributed by atoms with E-state index in [0.717, 1.165) is 12.1 Å². The van der Waals surface area contributed by atoms with Crippen LogP contribution < -0.4 is 3.93 Å². The molecule has 112 valence electrons. The van der Waals surface area contributed by atoms with Crippen LogP contribution in [0.1, 0.15) is 52.5 Å². The summed E-state index contributed by atoms with van der Waals surface area (Å²) in [6.45, 7) is 7.76. The molecule has 0 aromatic heterocycles. The molecule has 0 saturated heterocycles. The van der Waals surface area contributed by atoms with E-state index < -0.39 is 11.7 Å². The monoisotopic (exact) mass is 341 g/mol. The molecule has 0 aliphatic rings.